The molecule has 224 valence electrons. The zero-order valence-electron chi connectivity index (χ0n) is 26.2. The normalized spacial score (nSPS) is 29.4. The fourth-order valence-electron chi connectivity index (χ4n) is 9.52. The van der Waals surface area contributed by atoms with E-state index in [1.807, 2.05) is 0 Å². The van der Waals surface area contributed by atoms with Crippen LogP contribution >= 0.6 is 31.9 Å². The average Bonchev–Trinajstić information content (AvgIpc) is 3.71. The highest BCUT2D eigenvalue weighted by atomic mass is 79.9. The maximum Gasteiger partial charge on any atom is 0.153 e. The molecule has 0 N–H and O–H groups in total. The van der Waals surface area contributed by atoms with Crippen LogP contribution in [0.15, 0.2) is 45.3 Å². The van der Waals surface area contributed by atoms with Crippen LogP contribution in [-0.4, -0.2) is 20.5 Å². The van der Waals surface area contributed by atoms with E-state index in [9.17, 15) is 0 Å². The number of halogens is 2. The Labute approximate surface area is 267 Å². The number of rotatable bonds is 8. The van der Waals surface area contributed by atoms with Gasteiger partial charge in [-0.2, -0.15) is 0 Å². The quantitative estimate of drug-likeness (QED) is 0.255. The maximum atomic E-state index is 7.09. The summed E-state index contributed by atoms with van der Waals surface area (Å²) < 4.78 is 16.4. The van der Waals surface area contributed by atoms with Gasteiger partial charge in [-0.25, -0.2) is 0 Å². The first-order valence-corrected chi connectivity index (χ1v) is 20.1. The van der Waals surface area contributed by atoms with E-state index < -0.39 is 8.07 Å². The molecule has 6 rings (SSSR count). The molecular formula is C36H50Br2O2Si. The average molecular weight is 703 g/mol. The van der Waals surface area contributed by atoms with Gasteiger partial charge in [-0.15, -0.1) is 0 Å². The number of hydrogen-bond acceptors (Lipinski definition) is 2. The summed E-state index contributed by atoms with van der Waals surface area (Å²) in [5.74, 6) is 3.87. The minimum atomic E-state index is -2.14. The Kier molecular flexibility index (Phi) is 7.88. The molecule has 41 heavy (non-hydrogen) atoms. The van der Waals surface area contributed by atoms with Crippen LogP contribution in [0.1, 0.15) is 117 Å². The van der Waals surface area contributed by atoms with Gasteiger partial charge in [-0.05, 0) is 139 Å². The van der Waals surface area contributed by atoms with Crippen LogP contribution in [0.3, 0.4) is 0 Å². The van der Waals surface area contributed by atoms with Gasteiger partial charge in [-0.3, -0.25) is 0 Å². The van der Waals surface area contributed by atoms with Gasteiger partial charge >= 0.3 is 0 Å². The zero-order valence-corrected chi connectivity index (χ0v) is 30.3. The molecule has 0 radical (unpaired) electrons. The van der Waals surface area contributed by atoms with Gasteiger partial charge in [0, 0.05) is 0 Å². The second-order valence-electron chi connectivity index (χ2n) is 16.3. The number of hydrogen-bond donors (Lipinski definition) is 0. The maximum absolute atomic E-state index is 7.09. The van der Waals surface area contributed by atoms with Gasteiger partial charge in [0.25, 0.3) is 0 Å². The monoisotopic (exact) mass is 700 g/mol. The largest absolute Gasteiger partial charge is 0.496 e. The molecule has 4 bridgehead atoms. The van der Waals surface area contributed by atoms with Crippen molar-refractivity contribution in [3.8, 4) is 11.5 Å². The fourth-order valence-corrected chi connectivity index (χ4v) is 17.6. The fraction of sp³-hybridized carbons (Fsp3) is 0.667. The summed E-state index contributed by atoms with van der Waals surface area (Å²) in [4.78, 5) is 0. The van der Waals surface area contributed by atoms with Crippen LogP contribution in [0.2, 0.25) is 10.1 Å². The molecule has 2 aromatic rings. The van der Waals surface area contributed by atoms with Crippen LogP contribution in [-0.2, 0) is 10.8 Å². The van der Waals surface area contributed by atoms with E-state index in [2.05, 4.69) is 110 Å². The first-order chi connectivity index (χ1) is 19.3. The molecule has 0 unspecified atom stereocenters. The van der Waals surface area contributed by atoms with Crippen molar-refractivity contribution in [1.82, 2.24) is 0 Å². The Morgan fingerprint density at radius 2 is 1.02 bits per heavy atom. The van der Waals surface area contributed by atoms with Crippen molar-refractivity contribution in [2.75, 3.05) is 12.5 Å². The summed E-state index contributed by atoms with van der Waals surface area (Å²) in [5, 5.41) is 0.902. The van der Waals surface area contributed by atoms with Crippen molar-refractivity contribution >= 4 is 39.9 Å². The third-order valence-electron chi connectivity index (χ3n) is 12.1. The SMILES string of the molecule is CC(C)(C)c1ccc(OC[Si](COc2ccc(C(C)(C)C)cc2Br)(C23CCC(CC2)C3)C23CCC(CC2)C3)c(Br)c1. The lowest BCUT2D eigenvalue weighted by molar-refractivity contribution is 0.295. The topological polar surface area (TPSA) is 18.5 Å². The first kappa shape index (κ1) is 30.3. The molecule has 0 aliphatic heterocycles. The minimum Gasteiger partial charge on any atom is -0.496 e. The van der Waals surface area contributed by atoms with Crippen LogP contribution < -0.4 is 9.47 Å². The predicted molar refractivity (Wildman–Crippen MR) is 181 cm³/mol. The minimum absolute atomic E-state index is 0.118. The second-order valence-corrected chi connectivity index (χ2v) is 22.9. The van der Waals surface area contributed by atoms with Crippen LogP contribution in [0.5, 0.6) is 11.5 Å². The molecule has 4 aliphatic rings. The molecule has 2 aromatic carbocycles. The highest BCUT2D eigenvalue weighted by molar-refractivity contribution is 9.10. The van der Waals surface area contributed by atoms with Crippen LogP contribution in [0.25, 0.3) is 0 Å². The van der Waals surface area contributed by atoms with E-state index in [1.165, 1.54) is 75.3 Å². The molecule has 0 saturated heterocycles. The standard InChI is InChI=1S/C36H50Br2O2Si/c1-33(2,3)27-7-9-31(29(37)19-27)39-23-41(35-15-11-25(21-35)12-16-35,36-17-13-26(22-36)14-18-36)24-40-32-10-8-28(20-30(32)38)34(4,5)6/h7-10,19-20,25-26H,11-18,21-24H2,1-6H3. The zero-order chi connectivity index (χ0) is 29.3. The number of benzene rings is 2. The van der Waals surface area contributed by atoms with E-state index in [1.54, 1.807) is 0 Å². The second kappa shape index (κ2) is 10.7. The highest BCUT2D eigenvalue weighted by Crippen LogP contribution is 2.75. The molecule has 4 aliphatic carbocycles. The third kappa shape index (κ3) is 5.30. The van der Waals surface area contributed by atoms with E-state index in [0.29, 0.717) is 10.1 Å². The van der Waals surface area contributed by atoms with Crippen molar-refractivity contribution in [3.63, 3.8) is 0 Å². The lowest BCUT2D eigenvalue weighted by atomic mass is 9.87. The molecule has 2 nitrogen and oxygen atoms in total. The summed E-state index contributed by atoms with van der Waals surface area (Å²) in [6, 6.07) is 13.5. The first-order valence-electron chi connectivity index (χ1n) is 16.1. The van der Waals surface area contributed by atoms with Crippen LogP contribution in [0.4, 0.5) is 0 Å². The van der Waals surface area contributed by atoms with Gasteiger partial charge in [0.2, 0.25) is 0 Å². The summed E-state index contributed by atoms with van der Waals surface area (Å²) >= 11 is 7.83. The van der Waals surface area contributed by atoms with Gasteiger partial charge in [0.15, 0.2) is 8.07 Å². The molecule has 0 atom stereocenters. The Morgan fingerprint density at radius 1 is 0.659 bits per heavy atom. The van der Waals surface area contributed by atoms with Gasteiger partial charge in [-0.1, -0.05) is 79.4 Å². The van der Waals surface area contributed by atoms with Crippen molar-refractivity contribution in [3.05, 3.63) is 56.5 Å². The molecule has 0 spiro atoms. The van der Waals surface area contributed by atoms with Gasteiger partial charge in [0.05, 0.1) is 21.4 Å². The molecule has 0 amide bonds. The molecule has 4 saturated carbocycles. The summed E-state index contributed by atoms with van der Waals surface area (Å²) in [5.41, 5.74) is 2.92. The van der Waals surface area contributed by atoms with Gasteiger partial charge in [0.1, 0.15) is 11.5 Å². The Hall–Kier alpha value is -0.783. The Morgan fingerprint density at radius 3 is 1.29 bits per heavy atom. The van der Waals surface area contributed by atoms with Gasteiger partial charge < -0.3 is 9.47 Å². The Balaban J connectivity index is 1.38. The predicted octanol–water partition coefficient (Wildman–Crippen LogP) is 11.5. The smallest absolute Gasteiger partial charge is 0.153 e. The van der Waals surface area contributed by atoms with E-state index in [4.69, 9.17) is 9.47 Å². The lowest BCUT2D eigenvalue weighted by Crippen LogP contribution is -2.64. The molecule has 0 aromatic heterocycles. The van der Waals surface area contributed by atoms with Crippen molar-refractivity contribution < 1.29 is 9.47 Å². The molecular weight excluding hydrogens is 652 g/mol. The lowest BCUT2D eigenvalue weighted by Gasteiger charge is -2.55. The van der Waals surface area contributed by atoms with Crippen molar-refractivity contribution in [1.29, 1.82) is 0 Å². The highest BCUT2D eigenvalue weighted by Gasteiger charge is 2.71. The van der Waals surface area contributed by atoms with E-state index in [-0.39, 0.29) is 10.8 Å². The van der Waals surface area contributed by atoms with Crippen molar-refractivity contribution in [2.24, 2.45) is 11.8 Å². The van der Waals surface area contributed by atoms with Crippen molar-refractivity contribution in [2.45, 2.75) is 127 Å². The molecule has 0 heterocycles. The third-order valence-corrected chi connectivity index (χ3v) is 20.0. The number of ether oxygens (including phenoxy) is 2. The summed E-state index contributed by atoms with van der Waals surface area (Å²) in [7, 11) is -2.14. The molecule has 5 heteroatoms. The van der Waals surface area contributed by atoms with E-state index >= 15 is 0 Å². The van der Waals surface area contributed by atoms with E-state index in [0.717, 1.165) is 44.7 Å². The summed E-state index contributed by atoms with van der Waals surface area (Å²) in [6.07, 6.45) is 15.9. The van der Waals surface area contributed by atoms with Crippen LogP contribution in [0, 0.1) is 11.8 Å². The number of fused-ring (bicyclic) bond motifs is 4. The summed E-state index contributed by atoms with van der Waals surface area (Å²) in [6.45, 7) is 13.7. The Bertz CT molecular complexity index is 1170. The molecule has 4 fully saturated rings.